The molecule has 0 aromatic rings. The van der Waals surface area contributed by atoms with Crippen LogP contribution < -0.4 is 11.1 Å². The Bertz CT molecular complexity index is 138. The summed E-state index contributed by atoms with van der Waals surface area (Å²) in [5.74, 6) is -0.637. The van der Waals surface area contributed by atoms with Crippen LogP contribution in [0.5, 0.6) is 0 Å². The van der Waals surface area contributed by atoms with E-state index in [-0.39, 0.29) is 18.4 Å². The highest BCUT2D eigenvalue weighted by atomic mass is 16.4. The van der Waals surface area contributed by atoms with Crippen LogP contribution in [0.2, 0.25) is 0 Å². The van der Waals surface area contributed by atoms with Gasteiger partial charge in [-0.25, -0.2) is 0 Å². The van der Waals surface area contributed by atoms with Gasteiger partial charge in [0, 0.05) is 19.1 Å². The summed E-state index contributed by atoms with van der Waals surface area (Å²) in [5.41, 5.74) is 5.60. The monoisotopic (exact) mass is 144 g/mol. The molecule has 1 aliphatic rings. The molecular formula is C6H12N2O2. The van der Waals surface area contributed by atoms with Gasteiger partial charge in [-0.05, 0) is 5.92 Å². The third-order valence-corrected chi connectivity index (χ3v) is 1.83. The molecule has 0 aromatic carbocycles. The molecule has 4 nitrogen and oxygen atoms in total. The molecule has 0 aliphatic carbocycles. The summed E-state index contributed by atoms with van der Waals surface area (Å²) in [7, 11) is 0. The summed E-state index contributed by atoms with van der Waals surface area (Å²) in [6.45, 7) is 1.49. The lowest BCUT2D eigenvalue weighted by atomic mass is 10.0. The predicted octanol–water partition coefficient (Wildman–Crippen LogP) is -0.992. The van der Waals surface area contributed by atoms with Gasteiger partial charge in [0.05, 0.1) is 6.42 Å². The fourth-order valence-corrected chi connectivity index (χ4v) is 1.20. The Morgan fingerprint density at radius 3 is 2.80 bits per heavy atom. The highest BCUT2D eigenvalue weighted by molar-refractivity contribution is 5.67. The normalized spacial score (nSPS) is 32.5. The minimum atomic E-state index is -0.760. The van der Waals surface area contributed by atoms with E-state index in [0.717, 1.165) is 13.1 Å². The van der Waals surface area contributed by atoms with Gasteiger partial charge in [-0.2, -0.15) is 0 Å². The molecule has 58 valence electrons. The quantitative estimate of drug-likeness (QED) is 0.465. The Hall–Kier alpha value is -0.610. The summed E-state index contributed by atoms with van der Waals surface area (Å²) in [6.07, 6.45) is 0.189. The van der Waals surface area contributed by atoms with Crippen LogP contribution in [0.15, 0.2) is 0 Å². The Morgan fingerprint density at radius 2 is 2.40 bits per heavy atom. The lowest BCUT2D eigenvalue weighted by Gasteiger charge is -2.09. The van der Waals surface area contributed by atoms with Crippen molar-refractivity contribution in [1.82, 2.24) is 5.32 Å². The molecule has 0 spiro atoms. The molecule has 1 rings (SSSR count). The first-order valence-corrected chi connectivity index (χ1v) is 3.38. The summed E-state index contributed by atoms with van der Waals surface area (Å²) in [5, 5.41) is 11.4. The Kier molecular flexibility index (Phi) is 2.24. The van der Waals surface area contributed by atoms with E-state index in [2.05, 4.69) is 5.32 Å². The minimum absolute atomic E-state index is 0.0242. The maximum absolute atomic E-state index is 10.2. The third kappa shape index (κ3) is 1.68. The van der Waals surface area contributed by atoms with Crippen molar-refractivity contribution in [2.24, 2.45) is 11.7 Å². The summed E-state index contributed by atoms with van der Waals surface area (Å²) in [6, 6.07) is 0.0242. The van der Waals surface area contributed by atoms with Crippen molar-refractivity contribution < 1.29 is 9.90 Å². The van der Waals surface area contributed by atoms with Crippen LogP contribution in [0.1, 0.15) is 6.42 Å². The van der Waals surface area contributed by atoms with Crippen LogP contribution in [-0.2, 0) is 4.79 Å². The highest BCUT2D eigenvalue weighted by Crippen LogP contribution is 2.10. The average molecular weight is 144 g/mol. The van der Waals surface area contributed by atoms with Crippen LogP contribution in [0.4, 0.5) is 0 Å². The van der Waals surface area contributed by atoms with Gasteiger partial charge in [-0.1, -0.05) is 0 Å². The molecule has 4 heteroatoms. The molecule has 0 saturated carbocycles. The van der Waals surface area contributed by atoms with E-state index in [9.17, 15) is 4.79 Å². The number of carboxylic acids is 1. The van der Waals surface area contributed by atoms with Crippen molar-refractivity contribution in [2.45, 2.75) is 12.5 Å². The van der Waals surface area contributed by atoms with Gasteiger partial charge in [0.2, 0.25) is 0 Å². The maximum Gasteiger partial charge on any atom is 0.303 e. The van der Waals surface area contributed by atoms with Gasteiger partial charge in [-0.15, -0.1) is 0 Å². The standard InChI is InChI=1S/C6H12N2O2/c7-5-3-8-2-4(5)1-6(9)10/h4-5,8H,1-3,7H2,(H,9,10). The zero-order chi connectivity index (χ0) is 7.56. The van der Waals surface area contributed by atoms with Gasteiger partial charge < -0.3 is 16.2 Å². The van der Waals surface area contributed by atoms with Crippen molar-refractivity contribution in [3.63, 3.8) is 0 Å². The van der Waals surface area contributed by atoms with Crippen LogP contribution in [0.25, 0.3) is 0 Å². The number of hydrogen-bond donors (Lipinski definition) is 3. The maximum atomic E-state index is 10.2. The Labute approximate surface area is 59.4 Å². The van der Waals surface area contributed by atoms with E-state index < -0.39 is 5.97 Å². The first-order valence-electron chi connectivity index (χ1n) is 3.38. The van der Waals surface area contributed by atoms with Gasteiger partial charge >= 0.3 is 5.97 Å². The molecule has 0 radical (unpaired) electrons. The molecule has 1 heterocycles. The lowest BCUT2D eigenvalue weighted by Crippen LogP contribution is -2.30. The van der Waals surface area contributed by atoms with Gasteiger partial charge in [0.1, 0.15) is 0 Å². The minimum Gasteiger partial charge on any atom is -0.481 e. The van der Waals surface area contributed by atoms with Crippen LogP contribution in [0, 0.1) is 5.92 Å². The number of rotatable bonds is 2. The first-order chi connectivity index (χ1) is 4.70. The molecular weight excluding hydrogens is 132 g/mol. The smallest absolute Gasteiger partial charge is 0.303 e. The lowest BCUT2D eigenvalue weighted by molar-refractivity contribution is -0.138. The van der Waals surface area contributed by atoms with Crippen LogP contribution in [-0.4, -0.2) is 30.2 Å². The van der Waals surface area contributed by atoms with Crippen molar-refractivity contribution in [1.29, 1.82) is 0 Å². The first kappa shape index (κ1) is 7.50. The van der Waals surface area contributed by atoms with E-state index in [1.165, 1.54) is 0 Å². The number of nitrogens with two attached hydrogens (primary N) is 1. The van der Waals surface area contributed by atoms with E-state index in [1.807, 2.05) is 0 Å². The second-order valence-corrected chi connectivity index (χ2v) is 2.68. The topological polar surface area (TPSA) is 75.3 Å². The van der Waals surface area contributed by atoms with E-state index in [0.29, 0.717) is 0 Å². The second-order valence-electron chi connectivity index (χ2n) is 2.68. The molecule has 10 heavy (non-hydrogen) atoms. The molecule has 0 amide bonds. The van der Waals surface area contributed by atoms with E-state index in [4.69, 9.17) is 10.8 Å². The molecule has 0 aromatic heterocycles. The van der Waals surface area contributed by atoms with Gasteiger partial charge in [0.15, 0.2) is 0 Å². The molecule has 1 fully saturated rings. The molecule has 1 aliphatic heterocycles. The summed E-state index contributed by atoms with van der Waals surface area (Å²) in [4.78, 5) is 10.2. The molecule has 2 unspecified atom stereocenters. The van der Waals surface area contributed by atoms with Crippen molar-refractivity contribution in [2.75, 3.05) is 13.1 Å². The van der Waals surface area contributed by atoms with Crippen LogP contribution in [0.3, 0.4) is 0 Å². The fraction of sp³-hybridized carbons (Fsp3) is 0.833. The number of hydrogen-bond acceptors (Lipinski definition) is 3. The molecule has 4 N–H and O–H groups in total. The number of carbonyl (C=O) groups is 1. The largest absolute Gasteiger partial charge is 0.481 e. The molecule has 2 atom stereocenters. The molecule has 1 saturated heterocycles. The van der Waals surface area contributed by atoms with Crippen molar-refractivity contribution in [3.8, 4) is 0 Å². The SMILES string of the molecule is NC1CNCC1CC(=O)O. The Balaban J connectivity index is 2.33. The zero-order valence-electron chi connectivity index (χ0n) is 5.71. The Morgan fingerprint density at radius 1 is 1.70 bits per heavy atom. The number of aliphatic carboxylic acids is 1. The highest BCUT2D eigenvalue weighted by Gasteiger charge is 2.25. The zero-order valence-corrected chi connectivity index (χ0v) is 5.71. The van der Waals surface area contributed by atoms with E-state index >= 15 is 0 Å². The van der Waals surface area contributed by atoms with Gasteiger partial charge in [-0.3, -0.25) is 4.79 Å². The van der Waals surface area contributed by atoms with Gasteiger partial charge in [0.25, 0.3) is 0 Å². The van der Waals surface area contributed by atoms with Crippen LogP contribution >= 0.6 is 0 Å². The summed E-state index contributed by atoms with van der Waals surface area (Å²) < 4.78 is 0. The second kappa shape index (κ2) is 2.98. The average Bonchev–Trinajstić information content (AvgIpc) is 2.15. The third-order valence-electron chi connectivity index (χ3n) is 1.83. The predicted molar refractivity (Wildman–Crippen MR) is 36.6 cm³/mol. The number of nitrogens with one attached hydrogen (secondary N) is 1. The van der Waals surface area contributed by atoms with Crippen molar-refractivity contribution >= 4 is 5.97 Å². The summed E-state index contributed by atoms with van der Waals surface area (Å²) >= 11 is 0. The van der Waals surface area contributed by atoms with Crippen molar-refractivity contribution in [3.05, 3.63) is 0 Å². The fourth-order valence-electron chi connectivity index (χ4n) is 1.20. The number of carboxylic acid groups (broad SMARTS) is 1. The van der Waals surface area contributed by atoms with E-state index in [1.54, 1.807) is 0 Å². The molecule has 0 bridgehead atoms.